The lowest BCUT2D eigenvalue weighted by atomic mass is 9.88. The Balaban J connectivity index is 2.79. The molecule has 1 amide bonds. The number of hydrogen-bond acceptors (Lipinski definition) is 4. The van der Waals surface area contributed by atoms with E-state index in [1.165, 1.54) is 0 Å². The van der Waals surface area contributed by atoms with Gasteiger partial charge in [0.05, 0.1) is 18.2 Å². The number of anilines is 1. The first-order chi connectivity index (χ1) is 9.46. The lowest BCUT2D eigenvalue weighted by molar-refractivity contribution is -0.122. The average molecular weight is 274 g/mol. The van der Waals surface area contributed by atoms with Crippen molar-refractivity contribution < 1.29 is 14.3 Å². The highest BCUT2D eigenvalue weighted by atomic mass is 16.5. The molecule has 0 spiro atoms. The van der Waals surface area contributed by atoms with E-state index in [9.17, 15) is 9.59 Å². The molecule has 1 aromatic rings. The number of carbonyl (C=O) groups is 2. The van der Waals surface area contributed by atoms with E-state index in [2.05, 4.69) is 5.32 Å². The highest BCUT2D eigenvalue weighted by Gasteiger charge is 2.31. The summed E-state index contributed by atoms with van der Waals surface area (Å²) >= 11 is 0. The third kappa shape index (κ3) is 3.58. The number of amides is 1. The number of nitrogens with zero attached hydrogens (tertiary/aromatic N) is 1. The van der Waals surface area contributed by atoms with E-state index >= 15 is 0 Å². The first kappa shape index (κ1) is 15.7. The molecule has 1 aromatic carbocycles. The molecular weight excluding hydrogens is 256 g/mol. The summed E-state index contributed by atoms with van der Waals surface area (Å²) in [4.78, 5) is 23.5. The number of esters is 1. The van der Waals surface area contributed by atoms with Crippen LogP contribution in [0.3, 0.4) is 0 Å². The fourth-order valence-corrected chi connectivity index (χ4v) is 1.46. The fraction of sp³-hybridized carbons (Fsp3) is 0.400. The van der Waals surface area contributed by atoms with Gasteiger partial charge < -0.3 is 10.1 Å². The van der Waals surface area contributed by atoms with Crippen molar-refractivity contribution in [2.24, 2.45) is 5.41 Å². The fourth-order valence-electron chi connectivity index (χ4n) is 1.46. The number of hydrogen-bond donors (Lipinski definition) is 1. The zero-order valence-corrected chi connectivity index (χ0v) is 11.9. The van der Waals surface area contributed by atoms with E-state index in [-0.39, 0.29) is 5.91 Å². The van der Waals surface area contributed by atoms with Crippen LogP contribution >= 0.6 is 0 Å². The summed E-state index contributed by atoms with van der Waals surface area (Å²) in [5.41, 5.74) is -0.0961. The maximum absolute atomic E-state index is 12.0. The molecule has 0 aliphatic heterocycles. The molecule has 1 atom stereocenters. The van der Waals surface area contributed by atoms with Crippen molar-refractivity contribution in [2.45, 2.75) is 27.2 Å². The molecule has 1 rings (SSSR count). The summed E-state index contributed by atoms with van der Waals surface area (Å²) in [7, 11) is 0. The summed E-state index contributed by atoms with van der Waals surface area (Å²) in [5, 5.41) is 11.7. The molecule has 0 bridgehead atoms. The lowest BCUT2D eigenvalue weighted by Gasteiger charge is -2.18. The Morgan fingerprint density at radius 2 is 1.90 bits per heavy atom. The van der Waals surface area contributed by atoms with Gasteiger partial charge in [-0.1, -0.05) is 6.92 Å². The van der Waals surface area contributed by atoms with Gasteiger partial charge in [0, 0.05) is 5.69 Å². The second-order valence-corrected chi connectivity index (χ2v) is 4.55. The monoisotopic (exact) mass is 274 g/mol. The molecule has 106 valence electrons. The molecule has 0 aliphatic rings. The zero-order valence-electron chi connectivity index (χ0n) is 11.9. The van der Waals surface area contributed by atoms with E-state index in [0.717, 1.165) is 0 Å². The number of benzene rings is 1. The quantitative estimate of drug-likeness (QED) is 0.837. The maximum atomic E-state index is 12.0. The predicted molar refractivity (Wildman–Crippen MR) is 75.0 cm³/mol. The molecule has 0 radical (unpaired) electrons. The Morgan fingerprint density at radius 1 is 1.30 bits per heavy atom. The van der Waals surface area contributed by atoms with Crippen LogP contribution in [0.15, 0.2) is 24.3 Å². The lowest BCUT2D eigenvalue weighted by Crippen LogP contribution is -2.31. The van der Waals surface area contributed by atoms with E-state index in [1.807, 2.05) is 6.07 Å². The van der Waals surface area contributed by atoms with Crippen LogP contribution in [0.1, 0.15) is 37.6 Å². The smallest absolute Gasteiger partial charge is 0.338 e. The van der Waals surface area contributed by atoms with Gasteiger partial charge in [0.1, 0.15) is 5.41 Å². The van der Waals surface area contributed by atoms with Gasteiger partial charge in [-0.05, 0) is 44.5 Å². The summed E-state index contributed by atoms with van der Waals surface area (Å²) in [6.07, 6.45) is 0.427. The summed E-state index contributed by atoms with van der Waals surface area (Å²) in [6, 6.07) is 8.37. The highest BCUT2D eigenvalue weighted by molar-refractivity contribution is 5.97. The second-order valence-electron chi connectivity index (χ2n) is 4.55. The predicted octanol–water partition coefficient (Wildman–Crippen LogP) is 2.74. The number of rotatable bonds is 5. The summed E-state index contributed by atoms with van der Waals surface area (Å²) in [5.74, 6) is -0.757. The Morgan fingerprint density at radius 3 is 2.35 bits per heavy atom. The van der Waals surface area contributed by atoms with Crippen LogP contribution < -0.4 is 5.32 Å². The van der Waals surface area contributed by atoms with Gasteiger partial charge in [-0.25, -0.2) is 4.79 Å². The van der Waals surface area contributed by atoms with Crippen LogP contribution in [-0.4, -0.2) is 18.5 Å². The van der Waals surface area contributed by atoms with E-state index < -0.39 is 11.4 Å². The Labute approximate surface area is 118 Å². The van der Waals surface area contributed by atoms with Gasteiger partial charge in [-0.2, -0.15) is 5.26 Å². The van der Waals surface area contributed by atoms with Crippen molar-refractivity contribution in [3.8, 4) is 6.07 Å². The van der Waals surface area contributed by atoms with Crippen LogP contribution in [0.25, 0.3) is 0 Å². The minimum Gasteiger partial charge on any atom is -0.462 e. The molecule has 0 aliphatic carbocycles. The molecule has 5 heteroatoms. The maximum Gasteiger partial charge on any atom is 0.338 e. The molecule has 0 saturated carbocycles. The third-order valence-electron chi connectivity index (χ3n) is 3.11. The van der Waals surface area contributed by atoms with E-state index in [0.29, 0.717) is 24.3 Å². The third-order valence-corrected chi connectivity index (χ3v) is 3.11. The molecule has 5 nitrogen and oxygen atoms in total. The molecule has 0 saturated heterocycles. The first-order valence-corrected chi connectivity index (χ1v) is 6.46. The Bertz CT molecular complexity index is 531. The van der Waals surface area contributed by atoms with Crippen LogP contribution in [0.2, 0.25) is 0 Å². The van der Waals surface area contributed by atoms with Crippen molar-refractivity contribution >= 4 is 17.6 Å². The summed E-state index contributed by atoms with van der Waals surface area (Å²) < 4.78 is 4.87. The number of nitriles is 1. The average Bonchev–Trinajstić information content (AvgIpc) is 2.47. The zero-order chi connectivity index (χ0) is 15.2. The first-order valence-electron chi connectivity index (χ1n) is 6.46. The molecule has 1 unspecified atom stereocenters. The molecule has 0 fully saturated rings. The standard InChI is InChI=1S/C15H18N2O3/c1-4-15(3,10-16)14(19)17-12-8-6-11(7-9-12)13(18)20-5-2/h6-9H,4-5H2,1-3H3,(H,17,19). The van der Waals surface area contributed by atoms with Crippen molar-refractivity contribution in [1.82, 2.24) is 0 Å². The molecular formula is C15H18N2O3. The molecule has 0 heterocycles. The van der Waals surface area contributed by atoms with Crippen LogP contribution in [0.5, 0.6) is 0 Å². The molecule has 1 N–H and O–H groups in total. The van der Waals surface area contributed by atoms with Gasteiger partial charge in [-0.15, -0.1) is 0 Å². The van der Waals surface area contributed by atoms with Crippen LogP contribution in [0.4, 0.5) is 5.69 Å². The van der Waals surface area contributed by atoms with Gasteiger partial charge in [0.2, 0.25) is 5.91 Å². The van der Waals surface area contributed by atoms with Crippen molar-refractivity contribution in [3.63, 3.8) is 0 Å². The second kappa shape index (κ2) is 6.71. The Hall–Kier alpha value is -2.35. The largest absolute Gasteiger partial charge is 0.462 e. The topological polar surface area (TPSA) is 79.2 Å². The van der Waals surface area contributed by atoms with E-state index in [1.54, 1.807) is 45.0 Å². The molecule has 20 heavy (non-hydrogen) atoms. The number of ether oxygens (including phenoxy) is 1. The van der Waals surface area contributed by atoms with Crippen molar-refractivity contribution in [3.05, 3.63) is 29.8 Å². The van der Waals surface area contributed by atoms with Crippen molar-refractivity contribution in [2.75, 3.05) is 11.9 Å². The number of nitrogens with one attached hydrogen (secondary N) is 1. The number of carbonyl (C=O) groups excluding carboxylic acids is 2. The molecule has 0 aromatic heterocycles. The van der Waals surface area contributed by atoms with Crippen molar-refractivity contribution in [1.29, 1.82) is 5.26 Å². The van der Waals surface area contributed by atoms with Crippen LogP contribution in [0, 0.1) is 16.7 Å². The van der Waals surface area contributed by atoms with Gasteiger partial charge in [0.25, 0.3) is 0 Å². The van der Waals surface area contributed by atoms with E-state index in [4.69, 9.17) is 10.00 Å². The van der Waals surface area contributed by atoms with Gasteiger partial charge in [0.15, 0.2) is 0 Å². The minimum absolute atomic E-state index is 0.314. The van der Waals surface area contributed by atoms with Gasteiger partial charge >= 0.3 is 5.97 Å². The minimum atomic E-state index is -1.06. The van der Waals surface area contributed by atoms with Gasteiger partial charge in [-0.3, -0.25) is 4.79 Å². The SMILES string of the molecule is CCOC(=O)c1ccc(NC(=O)C(C)(C#N)CC)cc1. The highest BCUT2D eigenvalue weighted by Crippen LogP contribution is 2.22. The van der Waals surface area contributed by atoms with Crippen LogP contribution in [-0.2, 0) is 9.53 Å². The summed E-state index contributed by atoms with van der Waals surface area (Å²) in [6.45, 7) is 5.43. The normalized spacial score (nSPS) is 12.9. The Kier molecular flexibility index (Phi) is 5.27.